The van der Waals surface area contributed by atoms with Gasteiger partial charge in [-0.15, -0.1) is 6.58 Å². The Morgan fingerprint density at radius 3 is 2.74 bits per heavy atom. The summed E-state index contributed by atoms with van der Waals surface area (Å²) in [4.78, 5) is 42.8. The number of carboxylic acid groups (broad SMARTS) is 1. The van der Waals surface area contributed by atoms with Crippen molar-refractivity contribution in [3.63, 3.8) is 0 Å². The monoisotopic (exact) mass is 554 g/mol. The van der Waals surface area contributed by atoms with E-state index in [2.05, 4.69) is 22.5 Å². The van der Waals surface area contributed by atoms with Crippen LogP contribution in [0, 0.1) is 18.8 Å². The first-order valence-electron chi connectivity index (χ1n) is 11.3. The quantitative estimate of drug-likeness (QED) is 0.377. The zero-order valence-corrected chi connectivity index (χ0v) is 21.3. The molecular formula is C24H28BrClN2O6. The third-order valence-corrected chi connectivity index (χ3v) is 8.51. The lowest BCUT2D eigenvalue weighted by Crippen LogP contribution is -2.59. The number of anilines is 1. The number of carbonyl (C=O) groups is 3. The van der Waals surface area contributed by atoms with E-state index in [-0.39, 0.29) is 18.0 Å². The third kappa shape index (κ3) is 3.51. The molecule has 2 amide bonds. The van der Waals surface area contributed by atoms with Crippen molar-refractivity contribution >= 4 is 51.0 Å². The van der Waals surface area contributed by atoms with Crippen molar-refractivity contribution in [3.05, 3.63) is 41.4 Å². The molecule has 184 valence electrons. The number of benzene rings is 1. The summed E-state index contributed by atoms with van der Waals surface area (Å²) in [6, 6.07) is 3.52. The van der Waals surface area contributed by atoms with Gasteiger partial charge >= 0.3 is 5.97 Å². The molecule has 3 aliphatic rings. The van der Waals surface area contributed by atoms with Crippen LogP contribution in [0.3, 0.4) is 0 Å². The molecule has 34 heavy (non-hydrogen) atoms. The Kier molecular flexibility index (Phi) is 6.85. The molecular weight excluding hydrogens is 528 g/mol. The van der Waals surface area contributed by atoms with E-state index in [4.69, 9.17) is 16.3 Å². The number of aliphatic carboxylic acids is 1. The summed E-state index contributed by atoms with van der Waals surface area (Å²) in [5.41, 5.74) is -0.0657. The van der Waals surface area contributed by atoms with Gasteiger partial charge in [0.2, 0.25) is 5.91 Å². The zero-order chi connectivity index (χ0) is 24.9. The number of para-hydroxylation sites is 1. The number of halogens is 2. The van der Waals surface area contributed by atoms with Crippen LogP contribution in [0.5, 0.6) is 0 Å². The van der Waals surface area contributed by atoms with Crippen LogP contribution in [0.25, 0.3) is 0 Å². The van der Waals surface area contributed by atoms with Gasteiger partial charge in [0.1, 0.15) is 11.6 Å². The van der Waals surface area contributed by atoms with Crippen LogP contribution in [-0.4, -0.2) is 74.7 Å². The Morgan fingerprint density at radius 2 is 2.18 bits per heavy atom. The lowest BCUT2D eigenvalue weighted by atomic mass is 9.70. The summed E-state index contributed by atoms with van der Waals surface area (Å²) >= 11 is 10.0. The fraction of sp³-hybridized carbons (Fsp3) is 0.542. The Morgan fingerprint density at radius 1 is 1.47 bits per heavy atom. The van der Waals surface area contributed by atoms with E-state index in [1.165, 1.54) is 9.80 Å². The smallest absolute Gasteiger partial charge is 0.310 e. The summed E-state index contributed by atoms with van der Waals surface area (Å²) < 4.78 is 6.29. The van der Waals surface area contributed by atoms with Gasteiger partial charge < -0.3 is 24.7 Å². The van der Waals surface area contributed by atoms with Gasteiger partial charge in [0.05, 0.1) is 41.3 Å². The molecule has 3 unspecified atom stereocenters. The average molecular weight is 556 g/mol. The predicted molar refractivity (Wildman–Crippen MR) is 130 cm³/mol. The largest absolute Gasteiger partial charge is 0.481 e. The SMILES string of the molecule is C=CCN(C(=O)C1N([C@@H](CC)CO)C(=O)[C@@H]2[C@@H](C(=O)O)[C@@H]3OC12CC3Br)c1c(C)cccc1Cl. The molecule has 1 spiro atoms. The van der Waals surface area contributed by atoms with E-state index in [0.717, 1.165) is 5.56 Å². The number of likely N-dealkylation sites (tertiary alicyclic amines) is 1. The number of hydrogen-bond acceptors (Lipinski definition) is 5. The van der Waals surface area contributed by atoms with Crippen molar-refractivity contribution in [2.45, 2.75) is 55.3 Å². The molecule has 0 radical (unpaired) electrons. The number of nitrogens with zero attached hydrogens (tertiary/aromatic N) is 2. The number of aliphatic hydroxyl groups excluding tert-OH is 1. The minimum absolute atomic E-state index is 0.127. The van der Waals surface area contributed by atoms with E-state index in [1.807, 2.05) is 19.9 Å². The number of amides is 2. The first-order chi connectivity index (χ1) is 16.1. The molecule has 3 fully saturated rings. The molecule has 4 rings (SSSR count). The summed E-state index contributed by atoms with van der Waals surface area (Å²) in [7, 11) is 0. The van der Waals surface area contributed by atoms with Gasteiger partial charge in [-0.3, -0.25) is 14.4 Å². The van der Waals surface area contributed by atoms with Gasteiger partial charge in [-0.25, -0.2) is 0 Å². The third-order valence-electron chi connectivity index (χ3n) is 7.36. The van der Waals surface area contributed by atoms with Gasteiger partial charge in [-0.2, -0.15) is 0 Å². The van der Waals surface area contributed by atoms with E-state index in [1.54, 1.807) is 18.2 Å². The van der Waals surface area contributed by atoms with Crippen molar-refractivity contribution in [2.24, 2.45) is 11.8 Å². The lowest BCUT2D eigenvalue weighted by Gasteiger charge is -2.39. The number of fused-ring (bicyclic) bond motifs is 1. The summed E-state index contributed by atoms with van der Waals surface area (Å²) in [6.45, 7) is 7.19. The standard InChI is InChI=1S/C24H28BrClN2O6/c1-4-9-27(18-12(3)7-6-8-15(18)26)22(31)20-24-10-14(25)19(34-24)16(23(32)33)17(24)21(30)28(20)13(5-2)11-29/h4,6-8,13-14,16-17,19-20,29H,1,5,9-11H2,2-3H3,(H,32,33)/t13-,14?,16+,17-,19+,20?,24?/m0/s1. The maximum atomic E-state index is 14.3. The second kappa shape index (κ2) is 9.26. The fourth-order valence-corrected chi connectivity index (χ4v) is 7.24. The summed E-state index contributed by atoms with van der Waals surface area (Å²) in [6.07, 6.45) is 1.53. The van der Waals surface area contributed by atoms with Crippen LogP contribution in [0.2, 0.25) is 5.02 Å². The second-order valence-corrected chi connectivity index (χ2v) is 10.7. The van der Waals surface area contributed by atoms with Crippen LogP contribution in [-0.2, 0) is 19.1 Å². The zero-order valence-electron chi connectivity index (χ0n) is 19.0. The fourth-order valence-electron chi connectivity index (χ4n) is 5.97. The highest BCUT2D eigenvalue weighted by atomic mass is 79.9. The number of hydrogen-bond donors (Lipinski definition) is 2. The molecule has 8 nitrogen and oxygen atoms in total. The molecule has 3 saturated heterocycles. The van der Waals surface area contributed by atoms with Crippen molar-refractivity contribution in [2.75, 3.05) is 18.1 Å². The van der Waals surface area contributed by atoms with E-state index < -0.39 is 53.4 Å². The Labute approximate surface area is 211 Å². The summed E-state index contributed by atoms with van der Waals surface area (Å²) in [5.74, 6) is -4.15. The van der Waals surface area contributed by atoms with Gasteiger partial charge in [-0.05, 0) is 31.4 Å². The van der Waals surface area contributed by atoms with Crippen molar-refractivity contribution in [1.29, 1.82) is 0 Å². The van der Waals surface area contributed by atoms with Gasteiger partial charge in [0.15, 0.2) is 0 Å². The molecule has 0 saturated carbocycles. The minimum atomic E-state index is -1.33. The molecule has 7 atom stereocenters. The molecule has 0 aliphatic carbocycles. The number of carbonyl (C=O) groups excluding carboxylic acids is 2. The van der Waals surface area contributed by atoms with E-state index in [0.29, 0.717) is 23.6 Å². The topological polar surface area (TPSA) is 107 Å². The normalized spacial score (nSPS) is 32.6. The number of aliphatic hydroxyl groups is 1. The van der Waals surface area contributed by atoms with Crippen LogP contribution >= 0.6 is 27.5 Å². The maximum absolute atomic E-state index is 14.3. The van der Waals surface area contributed by atoms with Gasteiger partial charge in [0.25, 0.3) is 5.91 Å². The Bertz CT molecular complexity index is 1010. The Hall–Kier alpha value is -1.94. The molecule has 3 heterocycles. The van der Waals surface area contributed by atoms with Crippen molar-refractivity contribution < 1.29 is 29.3 Å². The van der Waals surface area contributed by atoms with Crippen LogP contribution in [0.1, 0.15) is 25.3 Å². The predicted octanol–water partition coefficient (Wildman–Crippen LogP) is 2.77. The average Bonchev–Trinajstić information content (AvgIpc) is 3.37. The van der Waals surface area contributed by atoms with Crippen molar-refractivity contribution in [3.8, 4) is 0 Å². The van der Waals surface area contributed by atoms with E-state index >= 15 is 0 Å². The molecule has 0 aromatic heterocycles. The number of alkyl halides is 1. The first kappa shape index (κ1) is 25.2. The lowest BCUT2D eigenvalue weighted by molar-refractivity contribution is -0.150. The maximum Gasteiger partial charge on any atom is 0.310 e. The molecule has 2 N–H and O–H groups in total. The van der Waals surface area contributed by atoms with Gasteiger partial charge in [0, 0.05) is 11.4 Å². The van der Waals surface area contributed by atoms with Crippen LogP contribution in [0.4, 0.5) is 5.69 Å². The minimum Gasteiger partial charge on any atom is -0.481 e. The number of aryl methyl sites for hydroxylation is 1. The first-order valence-corrected chi connectivity index (χ1v) is 12.6. The highest BCUT2D eigenvalue weighted by Crippen LogP contribution is 2.60. The number of carboxylic acids is 1. The number of ether oxygens (including phenoxy) is 1. The number of rotatable bonds is 8. The Balaban J connectivity index is 1.89. The highest BCUT2D eigenvalue weighted by molar-refractivity contribution is 9.09. The molecule has 1 aromatic carbocycles. The molecule has 3 aliphatic heterocycles. The van der Waals surface area contributed by atoms with E-state index in [9.17, 15) is 24.6 Å². The second-order valence-electron chi connectivity index (χ2n) is 9.13. The van der Waals surface area contributed by atoms with Crippen molar-refractivity contribution in [1.82, 2.24) is 4.90 Å². The molecule has 10 heteroatoms. The van der Waals surface area contributed by atoms with Crippen LogP contribution in [0.15, 0.2) is 30.9 Å². The molecule has 1 aromatic rings. The highest BCUT2D eigenvalue weighted by Gasteiger charge is 2.77. The van der Waals surface area contributed by atoms with Gasteiger partial charge in [-0.1, -0.05) is 52.7 Å². The summed E-state index contributed by atoms with van der Waals surface area (Å²) in [5, 5.41) is 20.4. The van der Waals surface area contributed by atoms with Crippen LogP contribution < -0.4 is 4.90 Å². The molecule has 2 bridgehead atoms.